The molecule has 0 atom stereocenters. The zero-order valence-electron chi connectivity index (χ0n) is 12.5. The smallest absolute Gasteiger partial charge is 0.251 e. The van der Waals surface area contributed by atoms with Crippen LogP contribution in [-0.2, 0) is 10.0 Å². The molecule has 9 heteroatoms. The van der Waals surface area contributed by atoms with Gasteiger partial charge < -0.3 is 10.6 Å². The molecule has 1 aromatic rings. The van der Waals surface area contributed by atoms with Crippen LogP contribution in [0.15, 0.2) is 18.2 Å². The Balaban J connectivity index is 0.00000441. The number of anilines is 1. The summed E-state index contributed by atoms with van der Waals surface area (Å²) in [4.78, 5) is 11.9. The van der Waals surface area contributed by atoms with E-state index in [0.717, 1.165) is 25.3 Å². The molecular weight excluding hydrogens is 333 g/mol. The second-order valence-corrected chi connectivity index (χ2v) is 6.32. The van der Waals surface area contributed by atoms with Crippen molar-refractivity contribution in [2.45, 2.75) is 13.3 Å². The van der Waals surface area contributed by atoms with E-state index >= 15 is 0 Å². The van der Waals surface area contributed by atoms with E-state index in [1.54, 1.807) is 0 Å². The van der Waals surface area contributed by atoms with Crippen LogP contribution >= 0.6 is 12.4 Å². The summed E-state index contributed by atoms with van der Waals surface area (Å²) >= 11 is 0. The molecule has 0 aliphatic carbocycles. The number of halogens is 2. The van der Waals surface area contributed by atoms with Crippen molar-refractivity contribution in [1.82, 2.24) is 10.6 Å². The molecule has 0 radical (unpaired) electrons. The summed E-state index contributed by atoms with van der Waals surface area (Å²) in [5.41, 5.74) is -0.0488. The van der Waals surface area contributed by atoms with E-state index in [9.17, 15) is 17.6 Å². The normalized spacial score (nSPS) is 10.7. The molecule has 0 heterocycles. The van der Waals surface area contributed by atoms with E-state index in [4.69, 9.17) is 0 Å². The quantitative estimate of drug-likeness (QED) is 0.616. The minimum atomic E-state index is -3.60. The van der Waals surface area contributed by atoms with Gasteiger partial charge in [0.05, 0.1) is 11.9 Å². The first kappa shape index (κ1) is 20.6. The Labute approximate surface area is 136 Å². The van der Waals surface area contributed by atoms with Crippen molar-refractivity contribution in [3.63, 3.8) is 0 Å². The summed E-state index contributed by atoms with van der Waals surface area (Å²) in [7, 11) is -3.60. The molecule has 0 unspecified atom stereocenters. The summed E-state index contributed by atoms with van der Waals surface area (Å²) in [6, 6.07) is 3.53. The zero-order chi connectivity index (χ0) is 15.9. The molecule has 0 spiro atoms. The maximum Gasteiger partial charge on any atom is 0.251 e. The van der Waals surface area contributed by atoms with Gasteiger partial charge in [0.2, 0.25) is 10.0 Å². The zero-order valence-corrected chi connectivity index (χ0v) is 14.1. The van der Waals surface area contributed by atoms with E-state index in [1.165, 1.54) is 12.1 Å². The van der Waals surface area contributed by atoms with Crippen LogP contribution in [0.5, 0.6) is 0 Å². The lowest BCUT2D eigenvalue weighted by atomic mass is 10.2. The monoisotopic (exact) mass is 353 g/mol. The maximum atomic E-state index is 13.5. The van der Waals surface area contributed by atoms with Gasteiger partial charge in [0.15, 0.2) is 0 Å². The maximum absolute atomic E-state index is 13.5. The number of nitrogens with one attached hydrogen (secondary N) is 3. The Morgan fingerprint density at radius 1 is 1.23 bits per heavy atom. The molecule has 1 rings (SSSR count). The van der Waals surface area contributed by atoms with Crippen molar-refractivity contribution in [1.29, 1.82) is 0 Å². The van der Waals surface area contributed by atoms with E-state index in [-0.39, 0.29) is 29.6 Å². The van der Waals surface area contributed by atoms with Crippen LogP contribution in [-0.4, -0.2) is 40.2 Å². The first-order valence-electron chi connectivity index (χ1n) is 6.59. The predicted octanol–water partition coefficient (Wildman–Crippen LogP) is 1.35. The Morgan fingerprint density at radius 3 is 2.50 bits per heavy atom. The van der Waals surface area contributed by atoms with E-state index < -0.39 is 15.8 Å². The van der Waals surface area contributed by atoms with Gasteiger partial charge in [-0.3, -0.25) is 9.52 Å². The predicted molar refractivity (Wildman–Crippen MR) is 87.6 cm³/mol. The van der Waals surface area contributed by atoms with E-state index in [2.05, 4.69) is 10.6 Å². The number of rotatable bonds is 8. The molecule has 0 saturated heterocycles. The molecular formula is C13H21ClFN3O3S. The summed E-state index contributed by atoms with van der Waals surface area (Å²) in [6.07, 6.45) is 1.92. The molecule has 1 amide bonds. The topological polar surface area (TPSA) is 87.3 Å². The van der Waals surface area contributed by atoms with Crippen molar-refractivity contribution < 1.29 is 17.6 Å². The minimum absolute atomic E-state index is 0. The van der Waals surface area contributed by atoms with Crippen molar-refractivity contribution in [3.05, 3.63) is 29.6 Å². The lowest BCUT2D eigenvalue weighted by molar-refractivity contribution is 0.0954. The molecule has 126 valence electrons. The first-order chi connectivity index (χ1) is 9.83. The summed E-state index contributed by atoms with van der Waals surface area (Å²) in [5.74, 6) is -1.12. The number of carbonyl (C=O) groups is 1. The van der Waals surface area contributed by atoms with Gasteiger partial charge in [0, 0.05) is 18.7 Å². The molecule has 0 aromatic heterocycles. The fourth-order valence-corrected chi connectivity index (χ4v) is 2.17. The standard InChI is InChI=1S/C13H20FN3O3S.ClH/c1-3-6-15-7-8-16-13(18)10-4-5-11(14)12(9-10)17-21(2,19)20;/h4-5,9,15,17H,3,6-8H2,1-2H3,(H,16,18);1H. The molecule has 6 nitrogen and oxygen atoms in total. The van der Waals surface area contributed by atoms with E-state index in [1.807, 2.05) is 11.6 Å². The molecule has 0 fully saturated rings. The first-order valence-corrected chi connectivity index (χ1v) is 8.49. The van der Waals surface area contributed by atoms with Gasteiger partial charge >= 0.3 is 0 Å². The summed E-state index contributed by atoms with van der Waals surface area (Å²) in [5, 5.41) is 5.79. The minimum Gasteiger partial charge on any atom is -0.351 e. The van der Waals surface area contributed by atoms with Gasteiger partial charge in [-0.1, -0.05) is 6.92 Å². The third-order valence-electron chi connectivity index (χ3n) is 2.54. The fourth-order valence-electron chi connectivity index (χ4n) is 1.61. The third-order valence-corrected chi connectivity index (χ3v) is 3.13. The van der Waals surface area contributed by atoms with Gasteiger partial charge in [0.1, 0.15) is 5.82 Å². The second kappa shape index (κ2) is 9.60. The van der Waals surface area contributed by atoms with Crippen LogP contribution < -0.4 is 15.4 Å². The number of benzene rings is 1. The SMILES string of the molecule is CCCNCCNC(=O)c1ccc(F)c(NS(C)(=O)=O)c1.Cl. The molecule has 22 heavy (non-hydrogen) atoms. The number of hydrogen-bond acceptors (Lipinski definition) is 4. The highest BCUT2D eigenvalue weighted by atomic mass is 35.5. The fraction of sp³-hybridized carbons (Fsp3) is 0.462. The second-order valence-electron chi connectivity index (χ2n) is 4.57. The Morgan fingerprint density at radius 2 is 1.91 bits per heavy atom. The van der Waals surface area contributed by atoms with Gasteiger partial charge in [0.25, 0.3) is 5.91 Å². The van der Waals surface area contributed by atoms with Gasteiger partial charge in [-0.25, -0.2) is 12.8 Å². The average Bonchev–Trinajstić information content (AvgIpc) is 2.39. The molecule has 0 bridgehead atoms. The van der Waals surface area contributed by atoms with Crippen molar-refractivity contribution in [2.75, 3.05) is 30.6 Å². The van der Waals surface area contributed by atoms with Crippen LogP contribution in [0.25, 0.3) is 0 Å². The molecule has 0 aliphatic heterocycles. The van der Waals surface area contributed by atoms with Crippen molar-refractivity contribution in [3.8, 4) is 0 Å². The average molecular weight is 354 g/mol. The highest BCUT2D eigenvalue weighted by Crippen LogP contribution is 2.17. The highest BCUT2D eigenvalue weighted by Gasteiger charge is 2.12. The number of hydrogen-bond donors (Lipinski definition) is 3. The third kappa shape index (κ3) is 7.58. The number of sulfonamides is 1. The Bertz CT molecular complexity index is 596. The van der Waals surface area contributed by atoms with E-state index in [0.29, 0.717) is 13.1 Å². The van der Waals surface area contributed by atoms with Crippen LogP contribution in [0.4, 0.5) is 10.1 Å². The van der Waals surface area contributed by atoms with Crippen LogP contribution in [0.3, 0.4) is 0 Å². The lowest BCUT2D eigenvalue weighted by Crippen LogP contribution is -2.32. The molecule has 1 aromatic carbocycles. The van der Waals surface area contributed by atoms with Crippen LogP contribution in [0, 0.1) is 5.82 Å². The Kier molecular flexibility index (Phi) is 9.00. The van der Waals surface area contributed by atoms with Crippen molar-refractivity contribution in [2.24, 2.45) is 0 Å². The van der Waals surface area contributed by atoms with Crippen LogP contribution in [0.1, 0.15) is 23.7 Å². The largest absolute Gasteiger partial charge is 0.351 e. The molecule has 0 aliphatic rings. The Hall–Kier alpha value is -1.38. The number of amides is 1. The van der Waals surface area contributed by atoms with Gasteiger partial charge in [-0.2, -0.15) is 0 Å². The summed E-state index contributed by atoms with van der Waals surface area (Å²) < 4.78 is 37.8. The van der Waals surface area contributed by atoms with Gasteiger partial charge in [-0.05, 0) is 31.2 Å². The summed E-state index contributed by atoms with van der Waals surface area (Å²) in [6.45, 7) is 3.98. The highest BCUT2D eigenvalue weighted by molar-refractivity contribution is 7.92. The number of carbonyl (C=O) groups excluding carboxylic acids is 1. The molecule has 3 N–H and O–H groups in total. The lowest BCUT2D eigenvalue weighted by Gasteiger charge is -2.09. The molecule has 0 saturated carbocycles. The van der Waals surface area contributed by atoms with Crippen LogP contribution in [0.2, 0.25) is 0 Å². The van der Waals surface area contributed by atoms with Crippen molar-refractivity contribution >= 4 is 34.0 Å². The van der Waals surface area contributed by atoms with Gasteiger partial charge in [-0.15, -0.1) is 12.4 Å².